The molecule has 2 rings (SSSR count). The van der Waals surface area contributed by atoms with Gasteiger partial charge in [-0.25, -0.2) is 4.98 Å². The number of halogens is 1. The van der Waals surface area contributed by atoms with Gasteiger partial charge in [-0.05, 0) is 31.6 Å². The fourth-order valence-corrected chi connectivity index (χ4v) is 3.30. The largest absolute Gasteiger partial charge is 0.397 e. The van der Waals surface area contributed by atoms with Crippen LogP contribution in [-0.4, -0.2) is 22.5 Å². The van der Waals surface area contributed by atoms with Crippen molar-refractivity contribution in [3.05, 3.63) is 17.3 Å². The Balaban J connectivity index is 2.00. The fourth-order valence-electron chi connectivity index (χ4n) is 2.24. The molecule has 2 atom stereocenters. The molecule has 0 spiro atoms. The molecule has 5 heteroatoms. The van der Waals surface area contributed by atoms with E-state index in [1.807, 2.05) is 11.8 Å². The van der Waals surface area contributed by atoms with Gasteiger partial charge in [0.1, 0.15) is 5.82 Å². The molecular weight excluding hydrogens is 254 g/mol. The van der Waals surface area contributed by atoms with Crippen LogP contribution in [0.5, 0.6) is 0 Å². The first-order valence-electron chi connectivity index (χ1n) is 5.89. The number of rotatable bonds is 3. The summed E-state index contributed by atoms with van der Waals surface area (Å²) in [7, 11) is 0. The van der Waals surface area contributed by atoms with Crippen molar-refractivity contribution in [2.45, 2.75) is 37.0 Å². The Kier molecular flexibility index (Phi) is 4.40. The molecule has 3 nitrogen and oxygen atoms in total. The highest BCUT2D eigenvalue weighted by molar-refractivity contribution is 7.99. The van der Waals surface area contributed by atoms with Gasteiger partial charge in [-0.1, -0.05) is 18.0 Å². The minimum Gasteiger partial charge on any atom is -0.397 e. The Morgan fingerprint density at radius 3 is 3.06 bits per heavy atom. The van der Waals surface area contributed by atoms with Crippen LogP contribution in [0.15, 0.2) is 12.3 Å². The van der Waals surface area contributed by atoms with E-state index in [9.17, 15) is 0 Å². The second-order valence-corrected chi connectivity index (χ2v) is 6.01. The average Bonchev–Trinajstić information content (AvgIpc) is 2.33. The van der Waals surface area contributed by atoms with Crippen LogP contribution in [0, 0.1) is 0 Å². The van der Waals surface area contributed by atoms with Crippen LogP contribution in [0.3, 0.4) is 0 Å². The number of hydrogen-bond donors (Lipinski definition) is 2. The smallest absolute Gasteiger partial charge is 0.145 e. The Morgan fingerprint density at radius 1 is 1.53 bits per heavy atom. The highest BCUT2D eigenvalue weighted by Crippen LogP contribution is 2.30. The van der Waals surface area contributed by atoms with Crippen molar-refractivity contribution in [3.8, 4) is 0 Å². The van der Waals surface area contributed by atoms with Gasteiger partial charge in [-0.3, -0.25) is 0 Å². The van der Waals surface area contributed by atoms with Crippen LogP contribution in [0.1, 0.15) is 25.7 Å². The molecule has 1 heterocycles. The lowest BCUT2D eigenvalue weighted by atomic mass is 9.95. The maximum absolute atomic E-state index is 6.11. The Bertz CT molecular complexity index is 386. The first kappa shape index (κ1) is 12.8. The zero-order valence-electron chi connectivity index (χ0n) is 9.95. The maximum atomic E-state index is 6.11. The van der Waals surface area contributed by atoms with E-state index < -0.39 is 0 Å². The molecule has 1 aliphatic carbocycles. The number of nitrogens with one attached hydrogen (secondary N) is 1. The summed E-state index contributed by atoms with van der Waals surface area (Å²) in [6, 6.07) is 2.22. The zero-order valence-corrected chi connectivity index (χ0v) is 11.5. The van der Waals surface area contributed by atoms with Gasteiger partial charge in [0.2, 0.25) is 0 Å². The summed E-state index contributed by atoms with van der Waals surface area (Å²) in [5, 5.41) is 4.79. The van der Waals surface area contributed by atoms with Crippen molar-refractivity contribution in [3.63, 3.8) is 0 Å². The van der Waals surface area contributed by atoms with Crippen molar-refractivity contribution in [2.75, 3.05) is 17.3 Å². The van der Waals surface area contributed by atoms with E-state index in [2.05, 4.69) is 16.6 Å². The second-order valence-electron chi connectivity index (χ2n) is 4.46. The van der Waals surface area contributed by atoms with Crippen LogP contribution in [0.25, 0.3) is 0 Å². The zero-order chi connectivity index (χ0) is 12.3. The van der Waals surface area contributed by atoms with E-state index in [4.69, 9.17) is 17.3 Å². The van der Waals surface area contributed by atoms with E-state index >= 15 is 0 Å². The van der Waals surface area contributed by atoms with Gasteiger partial charge in [-0.2, -0.15) is 11.8 Å². The SMILES string of the molecule is CSC1CCCC(Nc2ncc(N)cc2Cl)C1. The summed E-state index contributed by atoms with van der Waals surface area (Å²) in [6.45, 7) is 0. The van der Waals surface area contributed by atoms with E-state index in [-0.39, 0.29) is 0 Å². The predicted octanol–water partition coefficient (Wildman–Crippen LogP) is 3.40. The highest BCUT2D eigenvalue weighted by Gasteiger charge is 2.21. The standard InChI is InChI=1S/C12H18ClN3S/c1-17-10-4-2-3-9(6-10)16-12-11(13)5-8(14)7-15-12/h5,7,9-10H,2-4,6,14H2,1H3,(H,15,16). The minimum atomic E-state index is 0.481. The maximum Gasteiger partial charge on any atom is 0.145 e. The molecule has 0 saturated heterocycles. The molecule has 1 aromatic heterocycles. The molecule has 3 N–H and O–H groups in total. The monoisotopic (exact) mass is 271 g/mol. The summed E-state index contributed by atoms with van der Waals surface area (Å²) in [4.78, 5) is 4.25. The third-order valence-electron chi connectivity index (χ3n) is 3.16. The number of thioether (sulfide) groups is 1. The Labute approximate surface area is 112 Å². The average molecular weight is 272 g/mol. The molecule has 0 aliphatic heterocycles. The summed E-state index contributed by atoms with van der Waals surface area (Å²) in [6.07, 6.45) is 8.80. The van der Waals surface area contributed by atoms with Crippen LogP contribution < -0.4 is 11.1 Å². The molecule has 1 aliphatic rings. The predicted molar refractivity (Wildman–Crippen MR) is 76.8 cm³/mol. The fraction of sp³-hybridized carbons (Fsp3) is 0.583. The first-order chi connectivity index (χ1) is 8.19. The number of hydrogen-bond acceptors (Lipinski definition) is 4. The lowest BCUT2D eigenvalue weighted by molar-refractivity contribution is 0.473. The van der Waals surface area contributed by atoms with Crippen molar-refractivity contribution in [1.29, 1.82) is 0 Å². The van der Waals surface area contributed by atoms with Crippen molar-refractivity contribution in [2.24, 2.45) is 0 Å². The van der Waals surface area contributed by atoms with Crippen molar-refractivity contribution in [1.82, 2.24) is 4.98 Å². The van der Waals surface area contributed by atoms with Gasteiger partial charge in [0, 0.05) is 11.3 Å². The number of nitrogen functional groups attached to an aromatic ring is 1. The van der Waals surface area contributed by atoms with Crippen LogP contribution in [0.4, 0.5) is 11.5 Å². The molecule has 0 bridgehead atoms. The van der Waals surface area contributed by atoms with Gasteiger partial charge in [0.25, 0.3) is 0 Å². The summed E-state index contributed by atoms with van der Waals surface area (Å²) in [5.41, 5.74) is 6.23. The molecule has 1 saturated carbocycles. The lowest BCUT2D eigenvalue weighted by Gasteiger charge is -2.29. The number of pyridine rings is 1. The highest BCUT2D eigenvalue weighted by atomic mass is 35.5. The normalized spacial score (nSPS) is 24.6. The van der Waals surface area contributed by atoms with Crippen molar-refractivity contribution < 1.29 is 0 Å². The van der Waals surface area contributed by atoms with Gasteiger partial charge >= 0.3 is 0 Å². The third-order valence-corrected chi connectivity index (χ3v) is 4.55. The number of aromatic nitrogens is 1. The minimum absolute atomic E-state index is 0.481. The van der Waals surface area contributed by atoms with Gasteiger partial charge in [0.05, 0.1) is 16.9 Å². The topological polar surface area (TPSA) is 50.9 Å². The molecule has 0 aromatic carbocycles. The summed E-state index contributed by atoms with van der Waals surface area (Å²) in [5.74, 6) is 0.757. The second kappa shape index (κ2) is 5.83. The third kappa shape index (κ3) is 3.42. The molecule has 2 unspecified atom stereocenters. The quantitative estimate of drug-likeness (QED) is 0.885. The number of nitrogens with two attached hydrogens (primary N) is 1. The van der Waals surface area contributed by atoms with Crippen LogP contribution in [0.2, 0.25) is 5.02 Å². The molecule has 0 amide bonds. The molecule has 1 fully saturated rings. The Hall–Kier alpha value is -0.610. The van der Waals surface area contributed by atoms with E-state index in [0.717, 1.165) is 11.1 Å². The molecule has 94 valence electrons. The van der Waals surface area contributed by atoms with Crippen LogP contribution >= 0.6 is 23.4 Å². The summed E-state index contributed by atoms with van der Waals surface area (Å²) < 4.78 is 0. The van der Waals surface area contributed by atoms with E-state index in [1.54, 1.807) is 12.3 Å². The molecule has 17 heavy (non-hydrogen) atoms. The van der Waals surface area contributed by atoms with Crippen molar-refractivity contribution >= 4 is 34.9 Å². The number of nitrogens with zero attached hydrogens (tertiary/aromatic N) is 1. The lowest BCUT2D eigenvalue weighted by Crippen LogP contribution is -2.29. The molecule has 1 aromatic rings. The van der Waals surface area contributed by atoms with Gasteiger partial charge in [-0.15, -0.1) is 0 Å². The Morgan fingerprint density at radius 2 is 2.35 bits per heavy atom. The molecular formula is C12H18ClN3S. The van der Waals surface area contributed by atoms with Crippen LogP contribution in [-0.2, 0) is 0 Å². The van der Waals surface area contributed by atoms with Gasteiger partial charge in [0.15, 0.2) is 0 Å². The van der Waals surface area contributed by atoms with E-state index in [1.165, 1.54) is 25.7 Å². The summed E-state index contributed by atoms with van der Waals surface area (Å²) >= 11 is 8.06. The van der Waals surface area contributed by atoms with Gasteiger partial charge < -0.3 is 11.1 Å². The molecule has 0 radical (unpaired) electrons. The van der Waals surface area contributed by atoms with E-state index in [0.29, 0.717) is 16.8 Å². The number of anilines is 2. The first-order valence-corrected chi connectivity index (χ1v) is 7.56.